The lowest BCUT2D eigenvalue weighted by atomic mass is 10.1. The van der Waals surface area contributed by atoms with E-state index in [-0.39, 0.29) is 0 Å². The predicted molar refractivity (Wildman–Crippen MR) is 62.9 cm³/mol. The number of likely N-dealkylation sites (tertiary alicyclic amines) is 1. The Hall–Kier alpha value is -0.0800. The van der Waals surface area contributed by atoms with Gasteiger partial charge in [-0.05, 0) is 44.4 Å². The third kappa shape index (κ3) is 2.07. The molecule has 3 aliphatic rings. The number of nitrogens with one attached hydrogen (secondary N) is 1. The molecule has 1 N–H and O–H groups in total. The molecule has 1 heterocycles. The Morgan fingerprint density at radius 1 is 1.27 bits per heavy atom. The maximum absolute atomic E-state index is 3.70. The van der Waals surface area contributed by atoms with Gasteiger partial charge >= 0.3 is 0 Å². The molecule has 1 saturated heterocycles. The van der Waals surface area contributed by atoms with Crippen molar-refractivity contribution in [1.29, 1.82) is 0 Å². The maximum Gasteiger partial charge on any atom is 0.0221 e. The van der Waals surface area contributed by atoms with E-state index in [1.54, 1.807) is 0 Å². The lowest BCUT2D eigenvalue weighted by Crippen LogP contribution is -2.46. The molecular formula is C13H24N2. The van der Waals surface area contributed by atoms with Gasteiger partial charge in [-0.15, -0.1) is 0 Å². The SMILES string of the molecule is CCC(CNC1CC1)N1CC2CCC1C2. The molecule has 3 atom stereocenters. The number of piperidine rings is 1. The van der Waals surface area contributed by atoms with Gasteiger partial charge in [0.1, 0.15) is 0 Å². The summed E-state index contributed by atoms with van der Waals surface area (Å²) in [5.41, 5.74) is 0. The zero-order valence-corrected chi connectivity index (χ0v) is 9.91. The van der Waals surface area contributed by atoms with Crippen LogP contribution in [0, 0.1) is 5.92 Å². The smallest absolute Gasteiger partial charge is 0.0221 e. The molecule has 1 aliphatic heterocycles. The molecule has 3 unspecified atom stereocenters. The average molecular weight is 208 g/mol. The summed E-state index contributed by atoms with van der Waals surface area (Å²) in [6.45, 7) is 4.99. The molecule has 3 rings (SSSR count). The van der Waals surface area contributed by atoms with Crippen LogP contribution in [0.2, 0.25) is 0 Å². The molecule has 0 radical (unpaired) electrons. The minimum atomic E-state index is 0.820. The van der Waals surface area contributed by atoms with Crippen molar-refractivity contribution in [3.8, 4) is 0 Å². The third-order valence-corrected chi connectivity index (χ3v) is 4.61. The van der Waals surface area contributed by atoms with Gasteiger partial charge in [-0.2, -0.15) is 0 Å². The molecule has 0 aromatic rings. The van der Waals surface area contributed by atoms with Crippen LogP contribution in [0.1, 0.15) is 45.4 Å². The average Bonchev–Trinajstić information content (AvgIpc) is 2.85. The van der Waals surface area contributed by atoms with Gasteiger partial charge in [0, 0.05) is 31.2 Å². The van der Waals surface area contributed by atoms with Crippen molar-refractivity contribution in [3.05, 3.63) is 0 Å². The van der Waals surface area contributed by atoms with Gasteiger partial charge in [-0.1, -0.05) is 6.92 Å². The largest absolute Gasteiger partial charge is 0.312 e. The molecule has 86 valence electrons. The summed E-state index contributed by atoms with van der Waals surface area (Å²) in [6.07, 6.45) is 8.64. The molecule has 0 aromatic carbocycles. The van der Waals surface area contributed by atoms with Crippen molar-refractivity contribution in [2.45, 2.75) is 63.6 Å². The Bertz CT molecular complexity index is 225. The van der Waals surface area contributed by atoms with Crippen LogP contribution in [0.25, 0.3) is 0 Å². The molecule has 2 aliphatic carbocycles. The Morgan fingerprint density at radius 2 is 2.13 bits per heavy atom. The van der Waals surface area contributed by atoms with E-state index >= 15 is 0 Å². The highest BCUT2D eigenvalue weighted by molar-refractivity contribution is 4.96. The fourth-order valence-electron chi connectivity index (χ4n) is 3.50. The minimum absolute atomic E-state index is 0.820. The fraction of sp³-hybridized carbons (Fsp3) is 1.00. The van der Waals surface area contributed by atoms with Crippen LogP contribution in [-0.4, -0.2) is 36.1 Å². The number of hydrogen-bond acceptors (Lipinski definition) is 2. The highest BCUT2D eigenvalue weighted by Crippen LogP contribution is 2.38. The fourth-order valence-corrected chi connectivity index (χ4v) is 3.50. The summed E-state index contributed by atoms with van der Waals surface area (Å²) in [5.74, 6) is 1.05. The molecule has 3 fully saturated rings. The van der Waals surface area contributed by atoms with E-state index in [2.05, 4.69) is 17.1 Å². The van der Waals surface area contributed by atoms with Crippen LogP contribution in [0.4, 0.5) is 0 Å². The monoisotopic (exact) mass is 208 g/mol. The Kier molecular flexibility index (Phi) is 2.73. The van der Waals surface area contributed by atoms with Gasteiger partial charge in [0.15, 0.2) is 0 Å². The van der Waals surface area contributed by atoms with E-state index in [9.17, 15) is 0 Å². The minimum Gasteiger partial charge on any atom is -0.312 e. The second kappa shape index (κ2) is 4.06. The van der Waals surface area contributed by atoms with Crippen molar-refractivity contribution in [2.75, 3.05) is 13.1 Å². The molecule has 0 aromatic heterocycles. The summed E-state index contributed by atoms with van der Waals surface area (Å²) >= 11 is 0. The molecule has 2 heteroatoms. The van der Waals surface area contributed by atoms with Gasteiger partial charge in [0.25, 0.3) is 0 Å². The first-order chi connectivity index (χ1) is 7.36. The Labute approximate surface area is 93.4 Å². The van der Waals surface area contributed by atoms with E-state index in [0.29, 0.717) is 0 Å². The van der Waals surface area contributed by atoms with Gasteiger partial charge < -0.3 is 5.32 Å². The Balaban J connectivity index is 1.53. The van der Waals surface area contributed by atoms with Crippen LogP contribution >= 0.6 is 0 Å². The summed E-state index contributed by atoms with van der Waals surface area (Å²) in [7, 11) is 0. The lowest BCUT2D eigenvalue weighted by Gasteiger charge is -2.34. The highest BCUT2D eigenvalue weighted by atomic mass is 15.2. The second-order valence-corrected chi connectivity index (χ2v) is 5.77. The maximum atomic E-state index is 3.70. The van der Waals surface area contributed by atoms with E-state index in [1.807, 2.05) is 0 Å². The number of rotatable bonds is 5. The van der Waals surface area contributed by atoms with Gasteiger partial charge in [-0.25, -0.2) is 0 Å². The van der Waals surface area contributed by atoms with Crippen molar-refractivity contribution in [3.63, 3.8) is 0 Å². The van der Waals surface area contributed by atoms with Gasteiger partial charge in [0.2, 0.25) is 0 Å². The molecular weight excluding hydrogens is 184 g/mol. The van der Waals surface area contributed by atoms with Crippen LogP contribution in [-0.2, 0) is 0 Å². The van der Waals surface area contributed by atoms with E-state index < -0.39 is 0 Å². The number of nitrogens with zero attached hydrogens (tertiary/aromatic N) is 1. The first-order valence-electron chi connectivity index (χ1n) is 6.86. The van der Waals surface area contributed by atoms with Crippen LogP contribution in [0.5, 0.6) is 0 Å². The summed E-state index contributed by atoms with van der Waals surface area (Å²) < 4.78 is 0. The van der Waals surface area contributed by atoms with E-state index in [1.165, 1.54) is 51.6 Å². The molecule has 0 spiro atoms. The van der Waals surface area contributed by atoms with Crippen molar-refractivity contribution in [2.24, 2.45) is 5.92 Å². The summed E-state index contributed by atoms with van der Waals surface area (Å²) in [6, 6.07) is 2.64. The van der Waals surface area contributed by atoms with Gasteiger partial charge in [0.05, 0.1) is 0 Å². The normalized spacial score (nSPS) is 37.4. The highest BCUT2D eigenvalue weighted by Gasteiger charge is 2.40. The van der Waals surface area contributed by atoms with Crippen LogP contribution < -0.4 is 5.32 Å². The van der Waals surface area contributed by atoms with Crippen molar-refractivity contribution >= 4 is 0 Å². The van der Waals surface area contributed by atoms with Crippen LogP contribution in [0.15, 0.2) is 0 Å². The topological polar surface area (TPSA) is 15.3 Å². The molecule has 15 heavy (non-hydrogen) atoms. The molecule has 0 amide bonds. The summed E-state index contributed by atoms with van der Waals surface area (Å²) in [4.78, 5) is 2.81. The van der Waals surface area contributed by atoms with E-state index in [0.717, 1.165) is 24.0 Å². The standard InChI is InChI=1S/C13H24N2/c1-2-12(8-14-11-4-5-11)15-9-10-3-6-13(15)7-10/h10-14H,2-9H2,1H3. The van der Waals surface area contributed by atoms with Crippen molar-refractivity contribution < 1.29 is 0 Å². The first kappa shape index (κ1) is 10.1. The zero-order valence-electron chi connectivity index (χ0n) is 9.91. The number of hydrogen-bond donors (Lipinski definition) is 1. The molecule has 2 saturated carbocycles. The first-order valence-corrected chi connectivity index (χ1v) is 6.86. The molecule has 2 nitrogen and oxygen atoms in total. The second-order valence-electron chi connectivity index (χ2n) is 5.77. The number of fused-ring (bicyclic) bond motifs is 2. The van der Waals surface area contributed by atoms with Crippen molar-refractivity contribution in [1.82, 2.24) is 10.2 Å². The Morgan fingerprint density at radius 3 is 2.67 bits per heavy atom. The zero-order chi connectivity index (χ0) is 10.3. The third-order valence-electron chi connectivity index (χ3n) is 4.61. The lowest BCUT2D eigenvalue weighted by molar-refractivity contribution is 0.142. The van der Waals surface area contributed by atoms with Gasteiger partial charge in [-0.3, -0.25) is 4.90 Å². The quantitative estimate of drug-likeness (QED) is 0.743. The molecule has 2 bridgehead atoms. The predicted octanol–water partition coefficient (Wildman–Crippen LogP) is 2.00. The summed E-state index contributed by atoms with van der Waals surface area (Å²) in [5, 5.41) is 3.70. The van der Waals surface area contributed by atoms with E-state index in [4.69, 9.17) is 0 Å². The van der Waals surface area contributed by atoms with Crippen LogP contribution in [0.3, 0.4) is 0 Å².